The minimum Gasteiger partial charge on any atom is -0.396 e. The lowest BCUT2D eigenvalue weighted by Gasteiger charge is -2.41. The fourth-order valence-electron chi connectivity index (χ4n) is 3.63. The second-order valence-electron chi connectivity index (χ2n) is 6.69. The smallest absolute Gasteiger partial charge is 0.223 e. The Morgan fingerprint density at radius 1 is 1.20 bits per heavy atom. The molecule has 1 amide bonds. The second-order valence-corrected chi connectivity index (χ2v) is 6.69. The number of nitrogens with two attached hydrogens (primary N) is 1. The number of aliphatic hydroxyl groups excluding tert-OH is 1. The minimum atomic E-state index is 0.0521. The predicted molar refractivity (Wildman–Crippen MR) is 80.2 cm³/mol. The summed E-state index contributed by atoms with van der Waals surface area (Å²) in [4.78, 5) is 14.7. The van der Waals surface area contributed by atoms with Crippen LogP contribution in [-0.2, 0) is 4.79 Å². The van der Waals surface area contributed by atoms with Crippen molar-refractivity contribution in [2.24, 2.45) is 11.1 Å². The molecule has 0 spiro atoms. The van der Waals surface area contributed by atoms with E-state index in [0.717, 1.165) is 25.7 Å². The zero-order chi connectivity index (χ0) is 14.4. The van der Waals surface area contributed by atoms with Crippen molar-refractivity contribution in [3.63, 3.8) is 0 Å². The first-order valence-corrected chi connectivity index (χ1v) is 8.31. The van der Waals surface area contributed by atoms with Gasteiger partial charge in [-0.3, -0.25) is 4.79 Å². The van der Waals surface area contributed by atoms with E-state index >= 15 is 0 Å². The molecule has 0 heterocycles. The van der Waals surface area contributed by atoms with Crippen LogP contribution in [0.1, 0.15) is 64.2 Å². The van der Waals surface area contributed by atoms with Gasteiger partial charge in [0.05, 0.1) is 0 Å². The lowest BCUT2D eigenvalue weighted by Crippen LogP contribution is -2.48. The van der Waals surface area contributed by atoms with Crippen molar-refractivity contribution in [1.82, 2.24) is 4.90 Å². The molecule has 0 bridgehead atoms. The Balaban J connectivity index is 1.95. The van der Waals surface area contributed by atoms with Crippen molar-refractivity contribution in [1.29, 1.82) is 0 Å². The van der Waals surface area contributed by atoms with Crippen LogP contribution in [0, 0.1) is 5.41 Å². The van der Waals surface area contributed by atoms with E-state index in [1.54, 1.807) is 0 Å². The highest BCUT2D eigenvalue weighted by Crippen LogP contribution is 2.39. The maximum atomic E-state index is 12.7. The number of carbonyl (C=O) groups is 1. The average Bonchev–Trinajstić information content (AvgIpc) is 2.42. The SMILES string of the molecule is NCC1(CC(=O)N(CCCO)C2CCC2)CCCCC1. The van der Waals surface area contributed by atoms with Crippen molar-refractivity contribution in [2.75, 3.05) is 19.7 Å². The number of hydrogen-bond donors (Lipinski definition) is 2. The molecule has 2 saturated carbocycles. The van der Waals surface area contributed by atoms with Crippen molar-refractivity contribution in [3.05, 3.63) is 0 Å². The number of hydrogen-bond acceptors (Lipinski definition) is 3. The van der Waals surface area contributed by atoms with Crippen LogP contribution in [0.15, 0.2) is 0 Å². The van der Waals surface area contributed by atoms with E-state index in [4.69, 9.17) is 10.8 Å². The molecule has 0 radical (unpaired) electrons. The van der Waals surface area contributed by atoms with Gasteiger partial charge in [0.15, 0.2) is 0 Å². The lowest BCUT2D eigenvalue weighted by atomic mass is 9.71. The third-order valence-electron chi connectivity index (χ3n) is 5.27. The first-order chi connectivity index (χ1) is 9.71. The summed E-state index contributed by atoms with van der Waals surface area (Å²) in [5.74, 6) is 0.274. The molecule has 20 heavy (non-hydrogen) atoms. The first-order valence-electron chi connectivity index (χ1n) is 8.31. The van der Waals surface area contributed by atoms with E-state index in [1.165, 1.54) is 25.7 Å². The van der Waals surface area contributed by atoms with Crippen molar-refractivity contribution in [3.8, 4) is 0 Å². The van der Waals surface area contributed by atoms with Gasteiger partial charge in [-0.15, -0.1) is 0 Å². The molecule has 2 rings (SSSR count). The van der Waals surface area contributed by atoms with Gasteiger partial charge in [-0.05, 0) is 50.5 Å². The van der Waals surface area contributed by atoms with E-state index in [1.807, 2.05) is 4.90 Å². The summed E-state index contributed by atoms with van der Waals surface area (Å²) >= 11 is 0. The Kier molecular flexibility index (Phi) is 5.85. The third-order valence-corrected chi connectivity index (χ3v) is 5.27. The molecule has 0 atom stereocenters. The van der Waals surface area contributed by atoms with Gasteiger partial charge >= 0.3 is 0 Å². The largest absolute Gasteiger partial charge is 0.396 e. The number of amides is 1. The molecular formula is C16H30N2O2. The minimum absolute atomic E-state index is 0.0521. The third kappa shape index (κ3) is 3.73. The molecule has 0 aromatic carbocycles. The molecule has 3 N–H and O–H groups in total. The van der Waals surface area contributed by atoms with E-state index in [-0.39, 0.29) is 17.9 Å². The summed E-state index contributed by atoms with van der Waals surface area (Å²) in [5, 5.41) is 9.03. The Labute approximate surface area is 122 Å². The molecule has 2 aliphatic rings. The molecule has 0 saturated heterocycles. The van der Waals surface area contributed by atoms with Crippen LogP contribution in [0.3, 0.4) is 0 Å². The summed E-state index contributed by atoms with van der Waals surface area (Å²) in [5.41, 5.74) is 6.05. The van der Waals surface area contributed by atoms with Gasteiger partial charge in [0, 0.05) is 25.6 Å². The summed E-state index contributed by atoms with van der Waals surface area (Å²) in [6.45, 7) is 1.51. The van der Waals surface area contributed by atoms with Gasteiger partial charge in [0.1, 0.15) is 0 Å². The quantitative estimate of drug-likeness (QED) is 0.751. The molecule has 0 unspecified atom stereocenters. The molecular weight excluding hydrogens is 252 g/mol. The molecule has 2 aliphatic carbocycles. The van der Waals surface area contributed by atoms with Crippen LogP contribution in [0.4, 0.5) is 0 Å². The molecule has 2 fully saturated rings. The summed E-state index contributed by atoms with van der Waals surface area (Å²) in [6, 6.07) is 0.424. The Morgan fingerprint density at radius 3 is 2.40 bits per heavy atom. The molecule has 4 heteroatoms. The monoisotopic (exact) mass is 282 g/mol. The van der Waals surface area contributed by atoms with Gasteiger partial charge < -0.3 is 15.7 Å². The van der Waals surface area contributed by atoms with Crippen LogP contribution in [0.2, 0.25) is 0 Å². The number of carbonyl (C=O) groups excluding carboxylic acids is 1. The maximum absolute atomic E-state index is 12.7. The topological polar surface area (TPSA) is 66.6 Å². The zero-order valence-corrected chi connectivity index (χ0v) is 12.6. The summed E-state index contributed by atoms with van der Waals surface area (Å²) in [6.07, 6.45) is 10.7. The number of nitrogens with zero attached hydrogens (tertiary/aromatic N) is 1. The first kappa shape index (κ1) is 15.8. The number of rotatable bonds is 7. The highest BCUT2D eigenvalue weighted by Gasteiger charge is 2.36. The Hall–Kier alpha value is -0.610. The fourth-order valence-corrected chi connectivity index (χ4v) is 3.63. The van der Waals surface area contributed by atoms with Crippen LogP contribution in [0.25, 0.3) is 0 Å². The van der Waals surface area contributed by atoms with Gasteiger partial charge in [0.2, 0.25) is 5.91 Å². The average molecular weight is 282 g/mol. The summed E-state index contributed by atoms with van der Waals surface area (Å²) in [7, 11) is 0. The van der Waals surface area contributed by atoms with Gasteiger partial charge in [0.25, 0.3) is 0 Å². The van der Waals surface area contributed by atoms with Crippen LogP contribution in [0.5, 0.6) is 0 Å². The number of aliphatic hydroxyl groups is 1. The van der Waals surface area contributed by atoms with Gasteiger partial charge in [-0.1, -0.05) is 19.3 Å². The standard InChI is InChI=1S/C16H30N2O2/c17-13-16(8-2-1-3-9-16)12-15(20)18(10-5-11-19)14-6-4-7-14/h14,19H,1-13,17H2. The fraction of sp³-hybridized carbons (Fsp3) is 0.938. The van der Waals surface area contributed by atoms with Crippen molar-refractivity contribution < 1.29 is 9.90 Å². The molecule has 4 nitrogen and oxygen atoms in total. The van der Waals surface area contributed by atoms with Crippen LogP contribution >= 0.6 is 0 Å². The highest BCUT2D eigenvalue weighted by molar-refractivity contribution is 5.77. The second kappa shape index (κ2) is 7.41. The van der Waals surface area contributed by atoms with E-state index < -0.39 is 0 Å². The normalized spacial score (nSPS) is 22.3. The highest BCUT2D eigenvalue weighted by atomic mass is 16.3. The maximum Gasteiger partial charge on any atom is 0.223 e. The lowest BCUT2D eigenvalue weighted by molar-refractivity contribution is -0.138. The molecule has 0 aromatic heterocycles. The van der Waals surface area contributed by atoms with Gasteiger partial charge in [-0.2, -0.15) is 0 Å². The van der Waals surface area contributed by atoms with Crippen LogP contribution < -0.4 is 5.73 Å². The van der Waals surface area contributed by atoms with E-state index in [0.29, 0.717) is 32.0 Å². The van der Waals surface area contributed by atoms with Crippen molar-refractivity contribution >= 4 is 5.91 Å². The van der Waals surface area contributed by atoms with Crippen molar-refractivity contribution in [2.45, 2.75) is 70.3 Å². The Morgan fingerprint density at radius 2 is 1.90 bits per heavy atom. The van der Waals surface area contributed by atoms with Gasteiger partial charge in [-0.25, -0.2) is 0 Å². The van der Waals surface area contributed by atoms with E-state index in [9.17, 15) is 4.79 Å². The zero-order valence-electron chi connectivity index (χ0n) is 12.6. The molecule has 0 aliphatic heterocycles. The molecule has 0 aromatic rings. The van der Waals surface area contributed by atoms with E-state index in [2.05, 4.69) is 0 Å². The predicted octanol–water partition coefficient (Wildman–Crippen LogP) is 2.05. The Bertz CT molecular complexity index is 310. The van der Waals surface area contributed by atoms with Crippen LogP contribution in [-0.4, -0.2) is 41.7 Å². The molecule has 116 valence electrons. The summed E-state index contributed by atoms with van der Waals surface area (Å²) < 4.78 is 0.